The monoisotopic (exact) mass is 356 g/mol. The van der Waals surface area contributed by atoms with E-state index in [1.54, 1.807) is 12.1 Å². The van der Waals surface area contributed by atoms with Crippen LogP contribution in [-0.4, -0.2) is 6.61 Å². The van der Waals surface area contributed by atoms with E-state index >= 15 is 0 Å². The van der Waals surface area contributed by atoms with E-state index in [1.807, 2.05) is 13.0 Å². The van der Waals surface area contributed by atoms with Crippen LogP contribution in [0.25, 0.3) is 11.1 Å². The Hall–Kier alpha value is -1.83. The Labute approximate surface area is 158 Å². The number of unbranched alkanes of at least 4 members (excludes halogenated alkanes) is 7. The van der Waals surface area contributed by atoms with Crippen LogP contribution in [0, 0.1) is 5.82 Å². The number of rotatable bonds is 12. The minimum atomic E-state index is -0.299. The number of hydrogen-bond donors (Lipinski definition) is 0. The van der Waals surface area contributed by atoms with Crippen molar-refractivity contribution in [3.63, 3.8) is 0 Å². The van der Waals surface area contributed by atoms with Gasteiger partial charge in [0.05, 0.1) is 6.61 Å². The third kappa shape index (κ3) is 6.82. The second-order valence-electron chi connectivity index (χ2n) is 7.00. The van der Waals surface area contributed by atoms with Gasteiger partial charge in [-0.05, 0) is 48.6 Å². The molecule has 0 aliphatic heterocycles. The molecule has 0 amide bonds. The largest absolute Gasteiger partial charge is 0.491 e. The van der Waals surface area contributed by atoms with Gasteiger partial charge >= 0.3 is 0 Å². The number of ether oxygens (including phenoxy) is 1. The fraction of sp³-hybridized carbons (Fsp3) is 0.500. The standard InChI is InChI=1S/C24H33FO/c1-3-5-6-7-8-9-10-11-12-20-13-15-21(16-14-20)22-17-18-24(26-4-2)23(25)19-22/h13-19H,3-12H2,1-2H3. The van der Waals surface area contributed by atoms with Crippen molar-refractivity contribution < 1.29 is 9.13 Å². The Morgan fingerprint density at radius 2 is 1.35 bits per heavy atom. The minimum Gasteiger partial charge on any atom is -0.491 e. The highest BCUT2D eigenvalue weighted by molar-refractivity contribution is 5.64. The molecule has 2 rings (SSSR count). The maximum Gasteiger partial charge on any atom is 0.165 e. The van der Waals surface area contributed by atoms with E-state index < -0.39 is 0 Å². The molecule has 0 spiro atoms. The van der Waals surface area contributed by atoms with Gasteiger partial charge in [0.25, 0.3) is 0 Å². The molecule has 2 aromatic rings. The van der Waals surface area contributed by atoms with E-state index in [-0.39, 0.29) is 5.82 Å². The summed E-state index contributed by atoms with van der Waals surface area (Å²) in [5.41, 5.74) is 3.31. The van der Waals surface area contributed by atoms with E-state index in [2.05, 4.69) is 31.2 Å². The van der Waals surface area contributed by atoms with Gasteiger partial charge in [0, 0.05) is 0 Å². The summed E-state index contributed by atoms with van der Waals surface area (Å²) in [6.07, 6.45) is 11.9. The molecule has 0 heterocycles. The van der Waals surface area contributed by atoms with Crippen molar-refractivity contribution in [1.29, 1.82) is 0 Å². The second-order valence-corrected chi connectivity index (χ2v) is 7.00. The molecule has 0 atom stereocenters. The number of hydrogen-bond acceptors (Lipinski definition) is 1. The summed E-state index contributed by atoms with van der Waals surface area (Å²) in [7, 11) is 0. The summed E-state index contributed by atoms with van der Waals surface area (Å²) in [5, 5.41) is 0. The van der Waals surface area contributed by atoms with Crippen LogP contribution in [0.1, 0.15) is 70.8 Å². The first-order chi connectivity index (χ1) is 12.7. The molecule has 0 N–H and O–H groups in total. The predicted molar refractivity (Wildman–Crippen MR) is 109 cm³/mol. The fourth-order valence-electron chi connectivity index (χ4n) is 3.28. The highest BCUT2D eigenvalue weighted by Crippen LogP contribution is 2.26. The van der Waals surface area contributed by atoms with Gasteiger partial charge in [-0.1, -0.05) is 82.2 Å². The Morgan fingerprint density at radius 3 is 1.96 bits per heavy atom. The van der Waals surface area contributed by atoms with Crippen LogP contribution in [0.4, 0.5) is 4.39 Å². The Kier molecular flexibility index (Phi) is 9.23. The average molecular weight is 357 g/mol. The second kappa shape index (κ2) is 11.7. The molecule has 0 saturated heterocycles. The minimum absolute atomic E-state index is 0.299. The Balaban J connectivity index is 1.77. The molecule has 142 valence electrons. The normalized spacial score (nSPS) is 10.9. The molecule has 0 bridgehead atoms. The van der Waals surface area contributed by atoms with E-state index in [9.17, 15) is 4.39 Å². The summed E-state index contributed by atoms with van der Waals surface area (Å²) in [5.74, 6) is 0.0231. The highest BCUT2D eigenvalue weighted by Gasteiger charge is 2.06. The van der Waals surface area contributed by atoms with Crippen molar-refractivity contribution in [2.24, 2.45) is 0 Å². The summed E-state index contributed by atoms with van der Waals surface area (Å²) in [4.78, 5) is 0. The van der Waals surface area contributed by atoms with Crippen molar-refractivity contribution in [2.45, 2.75) is 71.6 Å². The van der Waals surface area contributed by atoms with Gasteiger partial charge in [-0.15, -0.1) is 0 Å². The molecule has 0 aliphatic carbocycles. The molecule has 0 aromatic heterocycles. The highest BCUT2D eigenvalue weighted by atomic mass is 19.1. The lowest BCUT2D eigenvalue weighted by Crippen LogP contribution is -1.94. The third-order valence-electron chi connectivity index (χ3n) is 4.84. The maximum atomic E-state index is 14.0. The van der Waals surface area contributed by atoms with Crippen LogP contribution < -0.4 is 4.74 Å². The Morgan fingerprint density at radius 1 is 0.731 bits per heavy atom. The first-order valence-corrected chi connectivity index (χ1v) is 10.3. The van der Waals surface area contributed by atoms with Crippen LogP contribution in [0.3, 0.4) is 0 Å². The topological polar surface area (TPSA) is 9.23 Å². The van der Waals surface area contributed by atoms with E-state index in [4.69, 9.17) is 4.74 Å². The SMILES string of the molecule is CCCCCCCCCCc1ccc(-c2ccc(OCC)c(F)c2)cc1. The lowest BCUT2D eigenvalue weighted by atomic mass is 10.0. The predicted octanol–water partition coefficient (Wildman–Crippen LogP) is 7.57. The van der Waals surface area contributed by atoms with E-state index in [0.29, 0.717) is 12.4 Å². The maximum absolute atomic E-state index is 14.0. The van der Waals surface area contributed by atoms with Gasteiger partial charge in [-0.2, -0.15) is 0 Å². The number of aryl methyl sites for hydroxylation is 1. The summed E-state index contributed by atoms with van der Waals surface area (Å²) in [6, 6.07) is 13.7. The van der Waals surface area contributed by atoms with Crippen LogP contribution >= 0.6 is 0 Å². The molecule has 0 saturated carbocycles. The molecule has 0 aliphatic rings. The van der Waals surface area contributed by atoms with Crippen molar-refractivity contribution in [3.05, 3.63) is 53.8 Å². The van der Waals surface area contributed by atoms with Gasteiger partial charge in [0.2, 0.25) is 0 Å². The van der Waals surface area contributed by atoms with E-state index in [0.717, 1.165) is 17.5 Å². The number of halogens is 1. The molecule has 0 unspecified atom stereocenters. The quantitative estimate of drug-likeness (QED) is 0.356. The first kappa shape index (κ1) is 20.5. The van der Waals surface area contributed by atoms with Crippen molar-refractivity contribution in [1.82, 2.24) is 0 Å². The summed E-state index contributed by atoms with van der Waals surface area (Å²) >= 11 is 0. The van der Waals surface area contributed by atoms with Gasteiger partial charge in [0.15, 0.2) is 11.6 Å². The molecule has 26 heavy (non-hydrogen) atoms. The fourth-order valence-corrected chi connectivity index (χ4v) is 3.28. The van der Waals surface area contributed by atoms with Crippen molar-refractivity contribution in [2.75, 3.05) is 6.61 Å². The lowest BCUT2D eigenvalue weighted by molar-refractivity contribution is 0.321. The molecule has 0 fully saturated rings. The van der Waals surface area contributed by atoms with Gasteiger partial charge in [-0.3, -0.25) is 0 Å². The smallest absolute Gasteiger partial charge is 0.165 e. The zero-order valence-electron chi connectivity index (χ0n) is 16.4. The summed E-state index contributed by atoms with van der Waals surface area (Å²) < 4.78 is 19.3. The van der Waals surface area contributed by atoms with Crippen LogP contribution in [0.2, 0.25) is 0 Å². The molecular formula is C24H33FO. The average Bonchev–Trinajstić information content (AvgIpc) is 2.66. The van der Waals surface area contributed by atoms with Gasteiger partial charge < -0.3 is 4.74 Å². The molecule has 0 radical (unpaired) electrons. The van der Waals surface area contributed by atoms with Crippen LogP contribution in [0.5, 0.6) is 5.75 Å². The van der Waals surface area contributed by atoms with Crippen molar-refractivity contribution >= 4 is 0 Å². The van der Waals surface area contributed by atoms with Gasteiger partial charge in [0.1, 0.15) is 0 Å². The van der Waals surface area contributed by atoms with Crippen LogP contribution in [0.15, 0.2) is 42.5 Å². The number of benzene rings is 2. The molecular weight excluding hydrogens is 323 g/mol. The summed E-state index contributed by atoms with van der Waals surface area (Å²) in [6.45, 7) is 4.60. The lowest BCUT2D eigenvalue weighted by Gasteiger charge is -2.08. The Bertz CT molecular complexity index is 633. The molecule has 2 heteroatoms. The third-order valence-corrected chi connectivity index (χ3v) is 4.84. The van der Waals surface area contributed by atoms with E-state index in [1.165, 1.54) is 56.9 Å². The molecule has 1 nitrogen and oxygen atoms in total. The van der Waals surface area contributed by atoms with Gasteiger partial charge in [-0.25, -0.2) is 4.39 Å². The zero-order chi connectivity index (χ0) is 18.6. The van der Waals surface area contributed by atoms with Crippen LogP contribution in [-0.2, 0) is 6.42 Å². The molecule has 2 aromatic carbocycles. The first-order valence-electron chi connectivity index (χ1n) is 10.3. The zero-order valence-corrected chi connectivity index (χ0v) is 16.4. The van der Waals surface area contributed by atoms with Crippen molar-refractivity contribution in [3.8, 4) is 16.9 Å².